The molecule has 4 aromatic rings. The average Bonchev–Trinajstić information content (AvgIpc) is 3.27. The molecule has 0 amide bonds. The maximum atomic E-state index is 6.08. The van der Waals surface area contributed by atoms with Crippen molar-refractivity contribution in [1.29, 1.82) is 0 Å². The second kappa shape index (κ2) is 11.5. The molecule has 5 rings (SSSR count). The molecule has 0 radical (unpaired) electrons. The predicted molar refractivity (Wildman–Crippen MR) is 149 cm³/mol. The molecular formula is C31H36ClN3O. The van der Waals surface area contributed by atoms with Crippen LogP contribution in [0.15, 0.2) is 72.8 Å². The van der Waals surface area contributed by atoms with E-state index in [2.05, 4.69) is 71.8 Å². The number of piperidine rings is 1. The molecule has 1 atom stereocenters. The van der Waals surface area contributed by atoms with Gasteiger partial charge in [-0.2, -0.15) is 0 Å². The molecule has 0 bridgehead atoms. The Labute approximate surface area is 219 Å². The van der Waals surface area contributed by atoms with Gasteiger partial charge in [0.25, 0.3) is 0 Å². The molecule has 0 aliphatic carbocycles. The van der Waals surface area contributed by atoms with Crippen LogP contribution in [0.2, 0.25) is 5.02 Å². The minimum absolute atomic E-state index is 0.442. The minimum atomic E-state index is 0.442. The van der Waals surface area contributed by atoms with Crippen molar-refractivity contribution in [1.82, 2.24) is 14.5 Å². The second-order valence-corrected chi connectivity index (χ2v) is 10.7. The van der Waals surface area contributed by atoms with Gasteiger partial charge >= 0.3 is 0 Å². The van der Waals surface area contributed by atoms with Gasteiger partial charge in [-0.25, -0.2) is 4.98 Å². The van der Waals surface area contributed by atoms with Crippen LogP contribution >= 0.6 is 11.6 Å². The lowest BCUT2D eigenvalue weighted by molar-refractivity contribution is 0.181. The van der Waals surface area contributed by atoms with Crippen molar-refractivity contribution in [3.05, 3.63) is 94.8 Å². The standard InChI is InChI=1S/C31H36ClN3O/c1-23(21-34-18-16-26(17-19-34)25-8-4-3-5-9-25)15-20-35-29-10-6-7-24(2)31(29)33-30(35)22-36-28-13-11-27(32)12-14-28/h3-14,23,26H,15-22H2,1-2H3. The molecule has 0 N–H and O–H groups in total. The zero-order valence-corrected chi connectivity index (χ0v) is 22.1. The van der Waals surface area contributed by atoms with Crippen LogP contribution in [0.3, 0.4) is 0 Å². The Morgan fingerprint density at radius 3 is 2.47 bits per heavy atom. The van der Waals surface area contributed by atoms with E-state index in [9.17, 15) is 0 Å². The number of aryl methyl sites for hydroxylation is 2. The highest BCUT2D eigenvalue weighted by atomic mass is 35.5. The van der Waals surface area contributed by atoms with Gasteiger partial charge in [-0.3, -0.25) is 0 Å². The summed E-state index contributed by atoms with van der Waals surface area (Å²) in [6.07, 6.45) is 3.63. The van der Waals surface area contributed by atoms with Crippen molar-refractivity contribution in [2.75, 3.05) is 19.6 Å². The number of benzene rings is 3. The number of likely N-dealkylation sites (tertiary alicyclic amines) is 1. The third-order valence-corrected chi connectivity index (χ3v) is 7.77. The molecule has 5 heteroatoms. The number of ether oxygens (including phenoxy) is 1. The van der Waals surface area contributed by atoms with Gasteiger partial charge < -0.3 is 14.2 Å². The molecule has 36 heavy (non-hydrogen) atoms. The van der Waals surface area contributed by atoms with Crippen LogP contribution in [0, 0.1) is 12.8 Å². The fourth-order valence-electron chi connectivity index (χ4n) is 5.43. The Morgan fingerprint density at radius 1 is 0.972 bits per heavy atom. The molecule has 2 heterocycles. The second-order valence-electron chi connectivity index (χ2n) is 10.2. The number of fused-ring (bicyclic) bond motifs is 1. The Bertz CT molecular complexity index is 1260. The minimum Gasteiger partial charge on any atom is -0.486 e. The maximum absolute atomic E-state index is 6.08. The smallest absolute Gasteiger partial charge is 0.148 e. The first-order valence-corrected chi connectivity index (χ1v) is 13.5. The first-order chi connectivity index (χ1) is 17.6. The highest BCUT2D eigenvalue weighted by Crippen LogP contribution is 2.29. The van der Waals surface area contributed by atoms with Crippen LogP contribution in [0.1, 0.15) is 49.1 Å². The summed E-state index contributed by atoms with van der Waals surface area (Å²) in [7, 11) is 0. The molecular weight excluding hydrogens is 466 g/mol. The van der Waals surface area contributed by atoms with E-state index in [0.717, 1.165) is 36.6 Å². The molecule has 0 spiro atoms. The first-order valence-electron chi connectivity index (χ1n) is 13.2. The highest BCUT2D eigenvalue weighted by molar-refractivity contribution is 6.30. The average molecular weight is 502 g/mol. The maximum Gasteiger partial charge on any atom is 0.148 e. The van der Waals surface area contributed by atoms with E-state index in [1.54, 1.807) is 0 Å². The lowest BCUT2D eigenvalue weighted by Gasteiger charge is -2.33. The zero-order valence-electron chi connectivity index (χ0n) is 21.4. The van der Waals surface area contributed by atoms with E-state index in [0.29, 0.717) is 23.5 Å². The normalized spacial score (nSPS) is 15.9. The van der Waals surface area contributed by atoms with E-state index in [1.165, 1.54) is 42.6 Å². The molecule has 3 aromatic carbocycles. The largest absolute Gasteiger partial charge is 0.486 e. The van der Waals surface area contributed by atoms with Crippen molar-refractivity contribution in [2.24, 2.45) is 5.92 Å². The molecule has 1 aromatic heterocycles. The summed E-state index contributed by atoms with van der Waals surface area (Å²) >= 11 is 6.03. The number of rotatable bonds is 9. The van der Waals surface area contributed by atoms with Gasteiger partial charge in [0.05, 0.1) is 11.0 Å². The highest BCUT2D eigenvalue weighted by Gasteiger charge is 2.22. The van der Waals surface area contributed by atoms with Gasteiger partial charge in [0.2, 0.25) is 0 Å². The summed E-state index contributed by atoms with van der Waals surface area (Å²) in [5.74, 6) is 3.11. The molecule has 188 valence electrons. The molecule has 1 unspecified atom stereocenters. The van der Waals surface area contributed by atoms with Crippen LogP contribution in [0.4, 0.5) is 0 Å². The zero-order chi connectivity index (χ0) is 24.9. The number of hydrogen-bond acceptors (Lipinski definition) is 3. The summed E-state index contributed by atoms with van der Waals surface area (Å²) in [5.41, 5.74) is 4.97. The van der Waals surface area contributed by atoms with Crippen LogP contribution < -0.4 is 4.74 Å². The lowest BCUT2D eigenvalue weighted by atomic mass is 9.89. The van der Waals surface area contributed by atoms with E-state index in [4.69, 9.17) is 21.3 Å². The third-order valence-electron chi connectivity index (χ3n) is 7.52. The summed E-state index contributed by atoms with van der Waals surface area (Å²) in [4.78, 5) is 7.63. The molecule has 1 fully saturated rings. The number of aromatic nitrogens is 2. The number of nitrogens with zero attached hydrogens (tertiary/aromatic N) is 3. The predicted octanol–water partition coefficient (Wildman–Crippen LogP) is 7.48. The van der Waals surface area contributed by atoms with Gasteiger partial charge in [0.1, 0.15) is 18.2 Å². The molecule has 1 saturated heterocycles. The van der Waals surface area contributed by atoms with E-state index in [1.807, 2.05) is 24.3 Å². The van der Waals surface area contributed by atoms with Crippen molar-refractivity contribution >= 4 is 22.6 Å². The van der Waals surface area contributed by atoms with Gasteiger partial charge in [0, 0.05) is 18.1 Å². The van der Waals surface area contributed by atoms with Crippen LogP contribution in [-0.2, 0) is 13.2 Å². The van der Waals surface area contributed by atoms with Gasteiger partial charge in [-0.05, 0) is 92.6 Å². The number of hydrogen-bond donors (Lipinski definition) is 0. The van der Waals surface area contributed by atoms with Crippen LogP contribution in [0.25, 0.3) is 11.0 Å². The van der Waals surface area contributed by atoms with Crippen LogP contribution in [-0.4, -0.2) is 34.1 Å². The summed E-state index contributed by atoms with van der Waals surface area (Å²) in [6.45, 7) is 9.44. The fourth-order valence-corrected chi connectivity index (χ4v) is 5.56. The van der Waals surface area contributed by atoms with Crippen LogP contribution in [0.5, 0.6) is 5.75 Å². The fraction of sp³-hybridized carbons (Fsp3) is 0.387. The van der Waals surface area contributed by atoms with Gasteiger partial charge in [-0.1, -0.05) is 61.0 Å². The SMILES string of the molecule is Cc1cccc2c1nc(COc1ccc(Cl)cc1)n2CCC(C)CN1CCC(c2ccccc2)CC1. The molecule has 4 nitrogen and oxygen atoms in total. The Hall–Kier alpha value is -2.82. The summed E-state index contributed by atoms with van der Waals surface area (Å²) in [5, 5.41) is 0.712. The Balaban J connectivity index is 1.20. The molecule has 0 saturated carbocycles. The number of imidazole rings is 1. The molecule has 1 aliphatic heterocycles. The van der Waals surface area contributed by atoms with Gasteiger partial charge in [0.15, 0.2) is 0 Å². The quantitative estimate of drug-likeness (QED) is 0.238. The first kappa shape index (κ1) is 24.9. The Kier molecular flexibility index (Phi) is 7.93. The Morgan fingerprint density at radius 2 is 1.72 bits per heavy atom. The van der Waals surface area contributed by atoms with Gasteiger partial charge in [-0.15, -0.1) is 0 Å². The lowest BCUT2D eigenvalue weighted by Crippen LogP contribution is -2.36. The molecule has 1 aliphatic rings. The number of halogens is 1. The van der Waals surface area contributed by atoms with E-state index >= 15 is 0 Å². The van der Waals surface area contributed by atoms with Crippen molar-refractivity contribution < 1.29 is 4.74 Å². The van der Waals surface area contributed by atoms with Crippen molar-refractivity contribution in [3.8, 4) is 5.75 Å². The van der Waals surface area contributed by atoms with E-state index in [-0.39, 0.29) is 0 Å². The summed E-state index contributed by atoms with van der Waals surface area (Å²) < 4.78 is 8.44. The topological polar surface area (TPSA) is 30.3 Å². The van der Waals surface area contributed by atoms with Crippen molar-refractivity contribution in [3.63, 3.8) is 0 Å². The number of para-hydroxylation sites is 1. The van der Waals surface area contributed by atoms with Crippen molar-refractivity contribution in [2.45, 2.75) is 52.2 Å². The summed E-state index contributed by atoms with van der Waals surface area (Å²) in [6, 6.07) is 25.0. The monoisotopic (exact) mass is 501 g/mol. The van der Waals surface area contributed by atoms with E-state index < -0.39 is 0 Å². The third kappa shape index (κ3) is 5.93.